The van der Waals surface area contributed by atoms with Crippen molar-refractivity contribution in [2.24, 2.45) is 5.90 Å². The highest BCUT2D eigenvalue weighted by molar-refractivity contribution is 5.30. The third kappa shape index (κ3) is 9.85. The highest BCUT2D eigenvalue weighted by Crippen LogP contribution is 2.20. The summed E-state index contributed by atoms with van der Waals surface area (Å²) in [6, 6.07) is 3.18. The molecule has 0 bridgehead atoms. The lowest BCUT2D eigenvalue weighted by molar-refractivity contribution is 0.0412. The van der Waals surface area contributed by atoms with Gasteiger partial charge in [0.15, 0.2) is 0 Å². The Balaban J connectivity index is 0.000000416. The SMILES string of the molecule is CC.COC1CCC1.NOCCC#Cc1ccc(O)cn1. The molecule has 0 saturated heterocycles. The number of methoxy groups -OCH3 is 1. The average molecular weight is 294 g/mol. The predicted octanol–water partition coefficient (Wildman–Crippen LogP) is 2.63. The second-order valence-electron chi connectivity index (χ2n) is 4.11. The first-order valence-corrected chi connectivity index (χ1v) is 7.24. The first-order valence-electron chi connectivity index (χ1n) is 7.24. The van der Waals surface area contributed by atoms with Gasteiger partial charge in [0.2, 0.25) is 0 Å². The van der Waals surface area contributed by atoms with E-state index in [4.69, 9.17) is 15.7 Å². The maximum atomic E-state index is 8.92. The number of nitrogens with two attached hydrogens (primary N) is 1. The van der Waals surface area contributed by atoms with Crippen LogP contribution in [0.3, 0.4) is 0 Å². The smallest absolute Gasteiger partial charge is 0.133 e. The zero-order chi connectivity index (χ0) is 15.9. The van der Waals surface area contributed by atoms with Crippen LogP contribution in [0.25, 0.3) is 0 Å². The van der Waals surface area contributed by atoms with Crippen LogP contribution < -0.4 is 5.90 Å². The molecule has 21 heavy (non-hydrogen) atoms. The van der Waals surface area contributed by atoms with E-state index in [1.165, 1.54) is 31.5 Å². The maximum Gasteiger partial charge on any atom is 0.133 e. The van der Waals surface area contributed by atoms with E-state index in [1.54, 1.807) is 13.2 Å². The first-order chi connectivity index (χ1) is 10.3. The number of aromatic hydroxyl groups is 1. The number of hydrogen-bond acceptors (Lipinski definition) is 5. The lowest BCUT2D eigenvalue weighted by Gasteiger charge is -2.22. The molecular formula is C16H26N2O3. The van der Waals surface area contributed by atoms with Gasteiger partial charge in [0.05, 0.1) is 18.9 Å². The van der Waals surface area contributed by atoms with Crippen molar-refractivity contribution in [3.63, 3.8) is 0 Å². The average Bonchev–Trinajstić information content (AvgIpc) is 2.47. The van der Waals surface area contributed by atoms with E-state index in [1.807, 2.05) is 13.8 Å². The van der Waals surface area contributed by atoms with Crippen molar-refractivity contribution >= 4 is 0 Å². The largest absolute Gasteiger partial charge is 0.506 e. The fourth-order valence-electron chi connectivity index (χ4n) is 1.33. The zero-order valence-corrected chi connectivity index (χ0v) is 13.1. The molecule has 1 saturated carbocycles. The summed E-state index contributed by atoms with van der Waals surface area (Å²) in [5.74, 6) is 10.6. The van der Waals surface area contributed by atoms with Gasteiger partial charge in [-0.2, -0.15) is 0 Å². The molecule has 0 radical (unpaired) electrons. The number of hydrogen-bond donors (Lipinski definition) is 2. The third-order valence-electron chi connectivity index (χ3n) is 2.69. The minimum atomic E-state index is 0.135. The molecule has 1 heterocycles. The Kier molecular flexibility index (Phi) is 12.4. The van der Waals surface area contributed by atoms with Gasteiger partial charge in [0, 0.05) is 13.5 Å². The van der Waals surface area contributed by atoms with E-state index in [9.17, 15) is 0 Å². The molecule has 1 fully saturated rings. The normalized spacial score (nSPS) is 12.6. The van der Waals surface area contributed by atoms with Gasteiger partial charge < -0.3 is 14.7 Å². The van der Waals surface area contributed by atoms with Crippen LogP contribution in [0.15, 0.2) is 18.3 Å². The summed E-state index contributed by atoms with van der Waals surface area (Å²) in [4.78, 5) is 8.22. The van der Waals surface area contributed by atoms with E-state index in [2.05, 4.69) is 21.7 Å². The van der Waals surface area contributed by atoms with Crippen LogP contribution in [-0.4, -0.2) is 29.9 Å². The molecule has 5 heteroatoms. The minimum Gasteiger partial charge on any atom is -0.506 e. The van der Waals surface area contributed by atoms with Crippen molar-refractivity contribution in [2.45, 2.75) is 45.6 Å². The quantitative estimate of drug-likeness (QED) is 0.509. The zero-order valence-electron chi connectivity index (χ0n) is 13.1. The molecule has 0 amide bonds. The number of ether oxygens (including phenoxy) is 1. The van der Waals surface area contributed by atoms with E-state index in [0.717, 1.165) is 0 Å². The topological polar surface area (TPSA) is 77.6 Å². The summed E-state index contributed by atoms with van der Waals surface area (Å²) in [6.07, 6.45) is 6.48. The summed E-state index contributed by atoms with van der Waals surface area (Å²) in [7, 11) is 1.78. The molecule has 1 aliphatic rings. The molecule has 1 aliphatic carbocycles. The van der Waals surface area contributed by atoms with Gasteiger partial charge in [-0.1, -0.05) is 19.8 Å². The Morgan fingerprint density at radius 1 is 1.38 bits per heavy atom. The number of aromatic nitrogens is 1. The molecule has 0 aliphatic heterocycles. The Morgan fingerprint density at radius 3 is 2.48 bits per heavy atom. The van der Waals surface area contributed by atoms with Crippen molar-refractivity contribution in [1.82, 2.24) is 4.98 Å². The maximum absolute atomic E-state index is 8.92. The standard InChI is InChI=1S/C9H10N2O2.C5H10O.C2H6/c10-13-6-2-1-3-8-4-5-9(12)7-11-8;1-6-5-3-2-4-5;1-2/h4-5,7,12H,2,6,10H2;5H,2-4H2,1H3;1-2H3. The molecule has 0 spiro atoms. The van der Waals surface area contributed by atoms with Gasteiger partial charge >= 0.3 is 0 Å². The van der Waals surface area contributed by atoms with Crippen molar-refractivity contribution < 1.29 is 14.7 Å². The monoisotopic (exact) mass is 294 g/mol. The highest BCUT2D eigenvalue weighted by atomic mass is 16.6. The second kappa shape index (κ2) is 13.4. The van der Waals surface area contributed by atoms with Gasteiger partial charge in [-0.3, -0.25) is 0 Å². The van der Waals surface area contributed by atoms with Gasteiger partial charge in [0.1, 0.15) is 11.4 Å². The van der Waals surface area contributed by atoms with E-state index in [0.29, 0.717) is 24.8 Å². The minimum absolute atomic E-state index is 0.135. The van der Waals surface area contributed by atoms with Crippen LogP contribution in [0.2, 0.25) is 0 Å². The lowest BCUT2D eigenvalue weighted by atomic mass is 9.96. The van der Waals surface area contributed by atoms with Crippen LogP contribution in [0.5, 0.6) is 5.75 Å². The van der Waals surface area contributed by atoms with Crippen LogP contribution >= 0.6 is 0 Å². The van der Waals surface area contributed by atoms with Crippen molar-refractivity contribution in [1.29, 1.82) is 0 Å². The Morgan fingerprint density at radius 2 is 2.10 bits per heavy atom. The Bertz CT molecular complexity index is 403. The molecule has 118 valence electrons. The number of rotatable bonds is 3. The summed E-state index contributed by atoms with van der Waals surface area (Å²) >= 11 is 0. The lowest BCUT2D eigenvalue weighted by Crippen LogP contribution is -2.18. The summed E-state index contributed by atoms with van der Waals surface area (Å²) in [5, 5.41) is 8.92. The molecule has 2 rings (SSSR count). The molecule has 5 nitrogen and oxygen atoms in total. The van der Waals surface area contributed by atoms with Crippen LogP contribution in [0.1, 0.15) is 45.2 Å². The Hall–Kier alpha value is -1.61. The molecule has 0 atom stereocenters. The van der Waals surface area contributed by atoms with Crippen molar-refractivity contribution in [2.75, 3.05) is 13.7 Å². The van der Waals surface area contributed by atoms with E-state index in [-0.39, 0.29) is 5.75 Å². The molecule has 1 aromatic heterocycles. The van der Waals surface area contributed by atoms with Crippen molar-refractivity contribution in [3.05, 3.63) is 24.0 Å². The van der Waals surface area contributed by atoms with Crippen molar-refractivity contribution in [3.8, 4) is 17.6 Å². The van der Waals surface area contributed by atoms with Gasteiger partial charge in [-0.05, 0) is 37.3 Å². The van der Waals surface area contributed by atoms with E-state index >= 15 is 0 Å². The van der Waals surface area contributed by atoms with E-state index < -0.39 is 0 Å². The summed E-state index contributed by atoms with van der Waals surface area (Å²) in [5.41, 5.74) is 0.620. The molecule has 0 aromatic carbocycles. The second-order valence-corrected chi connectivity index (χ2v) is 4.11. The third-order valence-corrected chi connectivity index (χ3v) is 2.69. The van der Waals surface area contributed by atoms with Crippen LogP contribution in [0, 0.1) is 11.8 Å². The predicted molar refractivity (Wildman–Crippen MR) is 83.5 cm³/mol. The van der Waals surface area contributed by atoms with Gasteiger partial charge in [-0.15, -0.1) is 0 Å². The first kappa shape index (κ1) is 19.4. The Labute approximate surface area is 127 Å². The molecular weight excluding hydrogens is 268 g/mol. The fraction of sp³-hybridized carbons (Fsp3) is 0.562. The fourth-order valence-corrected chi connectivity index (χ4v) is 1.33. The summed E-state index contributed by atoms with van der Waals surface area (Å²) < 4.78 is 4.99. The van der Waals surface area contributed by atoms with Gasteiger partial charge in [0.25, 0.3) is 0 Å². The molecule has 0 unspecified atom stereocenters. The number of nitrogens with zero attached hydrogens (tertiary/aromatic N) is 1. The molecule has 3 N–H and O–H groups in total. The van der Waals surface area contributed by atoms with Crippen LogP contribution in [0.4, 0.5) is 0 Å². The van der Waals surface area contributed by atoms with Crippen LogP contribution in [-0.2, 0) is 9.57 Å². The molecule has 1 aromatic rings. The van der Waals surface area contributed by atoms with Gasteiger partial charge in [-0.25, -0.2) is 10.9 Å². The highest BCUT2D eigenvalue weighted by Gasteiger charge is 2.14. The summed E-state index contributed by atoms with van der Waals surface area (Å²) in [6.45, 7) is 4.41. The number of pyridine rings is 1.